The highest BCUT2D eigenvalue weighted by Crippen LogP contribution is 2.46. The normalized spacial score (nSPS) is 32.1. The van der Waals surface area contributed by atoms with E-state index in [0.717, 1.165) is 145 Å². The third-order valence-electron chi connectivity index (χ3n) is 31.2. The van der Waals surface area contributed by atoms with Crippen molar-refractivity contribution in [3.05, 3.63) is 0 Å². The predicted molar refractivity (Wildman–Crippen MR) is 547 cm³/mol. The van der Waals surface area contributed by atoms with Gasteiger partial charge in [0.2, 0.25) is 0 Å². The molecule has 11 aliphatic rings. The van der Waals surface area contributed by atoms with Crippen molar-refractivity contribution in [2.45, 2.75) is 538 Å². The summed E-state index contributed by atoms with van der Waals surface area (Å²) < 4.78 is 61.2. The van der Waals surface area contributed by atoms with E-state index in [1.807, 2.05) is 0 Å². The molecule has 11 aliphatic heterocycles. The minimum atomic E-state index is 0.107. The van der Waals surface area contributed by atoms with Crippen LogP contribution in [0.25, 0.3) is 0 Å². The van der Waals surface area contributed by atoms with Crippen molar-refractivity contribution in [2.24, 2.45) is 125 Å². The molecule has 0 bridgehead atoms. The molecule has 0 radical (unpaired) electrons. The lowest BCUT2D eigenvalue weighted by atomic mass is 9.72. The number of nitriles is 1. The van der Waals surface area contributed by atoms with Crippen LogP contribution in [0.4, 0.5) is 0 Å². The van der Waals surface area contributed by atoms with Crippen LogP contribution in [0.3, 0.4) is 0 Å². The van der Waals surface area contributed by atoms with E-state index < -0.39 is 0 Å². The largest absolute Gasteiger partial charge is 0.381 e. The molecular formula is C115H227NO11. The quantitative estimate of drug-likeness (QED) is 0.266. The zero-order chi connectivity index (χ0) is 97.8. The lowest BCUT2D eigenvalue weighted by molar-refractivity contribution is -0.0913. The second-order valence-electron chi connectivity index (χ2n) is 54.2. The van der Waals surface area contributed by atoms with Gasteiger partial charge >= 0.3 is 0 Å². The number of ether oxygens (including phenoxy) is 11. The maximum Gasteiger partial charge on any atom is 0.0707 e. The SMILES string of the molecule is CC(C)(C)C1CCOCC1.CC(C)(C)[C@@H]1CCO[C@H](CC#N)C1.CC1(C)CC(C(C)(C)C)CCO1.CC[C@@H]1C[C@H](C(C)(C)C)CCO1.CC[C@H]1C[C@@H](C(C)(C)C)CCO1.CC[C@H]1C[C@@H](C(C)(C)C)CCO1.C[C@@H]1CC(C(C)(C)C)C[C@H](C)O1.C[C@@H]1C[C@@H](C(C)(C)C)CCO1.C[C@@H]1C[C@H](C(C)(C)C)CCO1.C[C@H]1C[C@@H](C(C)(C)C)CCO1.C[C@H]1C[C@H](C(C)(C)C)CCO1. The molecule has 0 amide bonds. The van der Waals surface area contributed by atoms with Gasteiger partial charge in [-0.25, -0.2) is 0 Å². The van der Waals surface area contributed by atoms with E-state index in [1.54, 1.807) is 0 Å². The molecule has 2 unspecified atom stereocenters. The molecule has 0 N–H and O–H groups in total. The molecule has 127 heavy (non-hydrogen) atoms. The van der Waals surface area contributed by atoms with Gasteiger partial charge in [-0.05, 0) is 341 Å². The van der Waals surface area contributed by atoms with E-state index >= 15 is 0 Å². The molecule has 0 aromatic carbocycles. The fraction of sp³-hybridized carbons (Fsp3) is 0.991. The molecule has 0 aromatic heterocycles. The van der Waals surface area contributed by atoms with Gasteiger partial charge in [0.05, 0.1) is 79.1 Å². The highest BCUT2D eigenvalue weighted by atomic mass is 16.5. The minimum absolute atomic E-state index is 0.107. The number of rotatable bonds is 4. The zero-order valence-electron chi connectivity index (χ0n) is 93.7. The van der Waals surface area contributed by atoms with Gasteiger partial charge < -0.3 is 52.1 Å². The van der Waals surface area contributed by atoms with Crippen LogP contribution in [0.2, 0.25) is 0 Å². The summed E-state index contributed by atoms with van der Waals surface area (Å²) in [7, 11) is 0. The Hall–Kier alpha value is -0.950. The fourth-order valence-electron chi connectivity index (χ4n) is 20.6. The monoisotopic (exact) mass is 1800 g/mol. The van der Waals surface area contributed by atoms with E-state index in [0.29, 0.717) is 127 Å². The van der Waals surface area contributed by atoms with Gasteiger partial charge in [-0.1, -0.05) is 249 Å². The van der Waals surface area contributed by atoms with Crippen LogP contribution in [0.15, 0.2) is 0 Å². The highest BCUT2D eigenvalue weighted by molar-refractivity contribution is 4.90. The highest BCUT2D eigenvalue weighted by Gasteiger charge is 2.40. The Morgan fingerprint density at radius 2 is 0.433 bits per heavy atom. The minimum Gasteiger partial charge on any atom is -0.381 e. The Kier molecular flexibility index (Phi) is 56.1. The van der Waals surface area contributed by atoms with Gasteiger partial charge in [-0.3, -0.25) is 0 Å². The maximum absolute atomic E-state index is 8.58. The summed E-state index contributed by atoms with van der Waals surface area (Å²) in [6, 6.07) is 2.18. The molecule has 0 spiro atoms. The zero-order valence-corrected chi connectivity index (χ0v) is 93.7. The Bertz CT molecular complexity index is 2560. The molecule has 11 heterocycles. The van der Waals surface area contributed by atoms with E-state index in [2.05, 4.69) is 311 Å². The van der Waals surface area contributed by atoms with Gasteiger partial charge in [-0.2, -0.15) is 5.26 Å². The fourth-order valence-corrected chi connectivity index (χ4v) is 20.6. The van der Waals surface area contributed by atoms with Gasteiger partial charge in [0.25, 0.3) is 0 Å². The van der Waals surface area contributed by atoms with Crippen molar-refractivity contribution in [2.75, 3.05) is 72.7 Å². The van der Waals surface area contributed by atoms with Crippen molar-refractivity contribution in [3.8, 4) is 6.07 Å². The molecule has 11 rings (SSSR count). The average Bonchev–Trinajstić information content (AvgIpc) is 0.832. The summed E-state index contributed by atoms with van der Waals surface area (Å²) in [6.45, 7) is 111. The first-order valence-electron chi connectivity index (χ1n) is 53.1. The number of nitrogens with zero attached hydrogens (tertiary/aromatic N) is 1. The summed E-state index contributed by atoms with van der Waals surface area (Å²) >= 11 is 0. The smallest absolute Gasteiger partial charge is 0.0707 e. The Labute approximate surface area is 794 Å². The molecule has 12 nitrogen and oxygen atoms in total. The summed E-state index contributed by atoms with van der Waals surface area (Å²) in [5, 5.41) is 8.58. The van der Waals surface area contributed by atoms with Crippen molar-refractivity contribution < 1.29 is 52.1 Å². The molecular weight excluding hydrogens is 1570 g/mol. The first-order chi connectivity index (χ1) is 58.0. The van der Waals surface area contributed by atoms with Crippen LogP contribution >= 0.6 is 0 Å². The number of hydrogen-bond donors (Lipinski definition) is 0. The third-order valence-corrected chi connectivity index (χ3v) is 31.2. The molecule has 0 saturated carbocycles. The van der Waals surface area contributed by atoms with Crippen LogP contribution in [-0.4, -0.2) is 139 Å². The number of hydrogen-bond acceptors (Lipinski definition) is 12. The van der Waals surface area contributed by atoms with Crippen molar-refractivity contribution in [1.29, 1.82) is 5.26 Å². The van der Waals surface area contributed by atoms with Crippen LogP contribution in [-0.2, 0) is 52.1 Å². The van der Waals surface area contributed by atoms with E-state index in [1.165, 1.54) is 148 Å². The molecule has 758 valence electrons. The Balaban J connectivity index is 0.000000699. The Morgan fingerprint density at radius 3 is 0.622 bits per heavy atom. The second-order valence-corrected chi connectivity index (χ2v) is 54.2. The predicted octanol–water partition coefficient (Wildman–Crippen LogP) is 32.8. The summed E-state index contributed by atoms with van der Waals surface area (Å²) in [5.41, 5.74) is 5.14. The van der Waals surface area contributed by atoms with Gasteiger partial charge in [-0.15, -0.1) is 0 Å². The van der Waals surface area contributed by atoms with Crippen LogP contribution in [0, 0.1) is 136 Å². The lowest BCUT2D eigenvalue weighted by Crippen LogP contribution is -2.38. The molecule has 12 heteroatoms. The standard InChI is InChI=1S/C11H19NO.5C11H22O.4C10H20O.C9H18O/c1-11(2,3)9-5-7-13-10(8-9)4-6-12;1-8-6-10(11(3,4)5)7-9(2)12-8;1-10(2,3)9-6-7-12-11(4,5)8-9;3*1-5-10-8-9(6-7-12-10)11(2,3)4;4*1-8-7-9(5-6-11-8)10(2,3)4;1-9(2,3)8-4-6-10-7-5-8/h9-10H,4-5,7-8H2,1-3H3;8-10H,6-7H2,1-5H3;9H,6-8H2,1-5H3;3*9-10H,5-8H2,1-4H3;4*8-9H,5-7H2,1-4H3;8H,4-7H2,1-3H3/t9-,10-;8-,9+,10?;;3*9-,10-;2*8-,9+;2*8-,9-;/m1..1001010./s1. The maximum atomic E-state index is 8.58. The average molecular weight is 1800 g/mol. The van der Waals surface area contributed by atoms with Crippen molar-refractivity contribution in [1.82, 2.24) is 0 Å². The molecule has 20 atom stereocenters. The van der Waals surface area contributed by atoms with E-state index in [-0.39, 0.29) is 11.7 Å². The van der Waals surface area contributed by atoms with Crippen LogP contribution in [0.1, 0.15) is 472 Å². The van der Waals surface area contributed by atoms with Crippen molar-refractivity contribution >= 4 is 0 Å². The topological polar surface area (TPSA) is 125 Å². The first-order valence-corrected chi connectivity index (χ1v) is 53.1. The Morgan fingerprint density at radius 1 is 0.236 bits per heavy atom. The molecule has 11 fully saturated rings. The molecule has 0 aliphatic carbocycles. The second kappa shape index (κ2) is 57.4. The van der Waals surface area contributed by atoms with Gasteiger partial charge in [0.15, 0.2) is 0 Å². The molecule has 11 saturated heterocycles. The summed E-state index contributed by atoms with van der Waals surface area (Å²) in [4.78, 5) is 0. The van der Waals surface area contributed by atoms with Crippen LogP contribution in [0.5, 0.6) is 0 Å². The first kappa shape index (κ1) is 124. The summed E-state index contributed by atoms with van der Waals surface area (Å²) in [5.74, 6) is 9.22. The van der Waals surface area contributed by atoms with Crippen molar-refractivity contribution in [3.63, 3.8) is 0 Å². The summed E-state index contributed by atoms with van der Waals surface area (Å²) in [6.07, 6.45) is 35.7. The van der Waals surface area contributed by atoms with Gasteiger partial charge in [0, 0.05) is 72.7 Å². The van der Waals surface area contributed by atoms with E-state index in [9.17, 15) is 0 Å². The van der Waals surface area contributed by atoms with Crippen LogP contribution < -0.4 is 0 Å². The molecule has 0 aromatic rings. The van der Waals surface area contributed by atoms with Gasteiger partial charge in [0.1, 0.15) is 0 Å². The third kappa shape index (κ3) is 54.7. The lowest BCUT2D eigenvalue weighted by Gasteiger charge is -2.41. The van der Waals surface area contributed by atoms with E-state index in [4.69, 9.17) is 57.4 Å².